The largest absolute Gasteiger partial charge is 0.384 e. The molecule has 2 atom stereocenters. The second kappa shape index (κ2) is 18.6. The molecule has 0 aliphatic carbocycles. The van der Waals surface area contributed by atoms with Crippen LogP contribution in [0.2, 0.25) is 0 Å². The summed E-state index contributed by atoms with van der Waals surface area (Å²) in [6.07, 6.45) is 9.50. The molecule has 4 aliphatic rings. The summed E-state index contributed by atoms with van der Waals surface area (Å²) in [5, 5.41) is 6.57. The van der Waals surface area contributed by atoms with E-state index in [1.165, 1.54) is 16.2 Å². The molecule has 4 aliphatic heterocycles. The molecule has 2 saturated heterocycles. The number of rotatable bonds is 10. The number of carbonyl (C=O) groups is 3. The number of aryl methyl sites for hydroxylation is 3. The molecule has 4 aromatic heterocycles. The Morgan fingerprint density at radius 1 is 0.889 bits per heavy atom. The number of halogens is 1. The van der Waals surface area contributed by atoms with Crippen molar-refractivity contribution in [1.82, 2.24) is 38.4 Å². The first-order chi connectivity index (χ1) is 34.7. The third-order valence-corrected chi connectivity index (χ3v) is 15.9. The molecule has 0 spiro atoms. The van der Waals surface area contributed by atoms with Gasteiger partial charge in [-0.25, -0.2) is 14.2 Å². The maximum absolute atomic E-state index is 16.2. The van der Waals surface area contributed by atoms with Crippen LogP contribution >= 0.6 is 0 Å². The first kappa shape index (κ1) is 46.9. The van der Waals surface area contributed by atoms with E-state index in [0.717, 1.165) is 107 Å². The third kappa shape index (κ3) is 8.25. The Balaban J connectivity index is 0.709. The van der Waals surface area contributed by atoms with Crippen molar-refractivity contribution in [1.29, 1.82) is 0 Å². The molecule has 3 aromatic carbocycles. The van der Waals surface area contributed by atoms with Gasteiger partial charge in [0.05, 0.1) is 16.7 Å². The van der Waals surface area contributed by atoms with Gasteiger partial charge in [-0.3, -0.25) is 48.0 Å². The smallest absolute Gasteiger partial charge is 0.329 e. The number of hydrogen-bond donors (Lipinski definition) is 2. The van der Waals surface area contributed by atoms with Crippen molar-refractivity contribution in [3.05, 3.63) is 157 Å². The number of carbonyl (C=O) groups excluding carboxylic acids is 3. The molecule has 0 saturated carbocycles. The number of fused-ring (bicyclic) bond motifs is 3. The SMILES string of the molecule is Cc1cc(C(=O)N(C)c2ccc(C3CCN(Cc4ccc5c(c4)n(C)c(=O)n5C4CCC(=O)NC4=O)CC3)cc2)cc(F)c1C1=CCN([C@@H](C)c2cc3c(-n4ccc5c(c4=O)CCN5)ccnc3n2C)CC1. The van der Waals surface area contributed by atoms with Crippen molar-refractivity contribution in [3.8, 4) is 5.69 Å². The summed E-state index contributed by atoms with van der Waals surface area (Å²) in [6.45, 7) is 8.69. The highest BCUT2D eigenvalue weighted by molar-refractivity contribution is 6.06. The Morgan fingerprint density at radius 3 is 2.42 bits per heavy atom. The number of nitrogens with zero attached hydrogens (tertiary/aromatic N) is 8. The van der Waals surface area contributed by atoms with Crippen molar-refractivity contribution in [2.24, 2.45) is 14.1 Å². The summed E-state index contributed by atoms with van der Waals surface area (Å²) >= 11 is 0. The van der Waals surface area contributed by atoms with Crippen molar-refractivity contribution < 1.29 is 18.8 Å². The lowest BCUT2D eigenvalue weighted by Crippen LogP contribution is -2.44. The number of anilines is 2. The predicted molar refractivity (Wildman–Crippen MR) is 277 cm³/mol. The van der Waals surface area contributed by atoms with Gasteiger partial charge in [0.2, 0.25) is 11.8 Å². The summed E-state index contributed by atoms with van der Waals surface area (Å²) in [4.78, 5) is 76.1. The number of amides is 3. The van der Waals surface area contributed by atoms with Crippen LogP contribution < -0.4 is 26.8 Å². The third-order valence-electron chi connectivity index (χ3n) is 15.9. The number of likely N-dealkylation sites (tertiary alicyclic amines) is 1. The van der Waals surface area contributed by atoms with E-state index in [1.54, 1.807) is 40.4 Å². The molecule has 16 heteroatoms. The molecular formula is C56H59FN10O5. The number of piperidine rings is 2. The zero-order valence-electron chi connectivity index (χ0n) is 41.4. The summed E-state index contributed by atoms with van der Waals surface area (Å²) in [7, 11) is 5.46. The number of pyridine rings is 2. The van der Waals surface area contributed by atoms with Crippen molar-refractivity contribution >= 4 is 56.7 Å². The van der Waals surface area contributed by atoms with E-state index in [2.05, 4.69) is 56.2 Å². The lowest BCUT2D eigenvalue weighted by molar-refractivity contribution is -0.135. The summed E-state index contributed by atoms with van der Waals surface area (Å²) in [6, 6.07) is 22.6. The Bertz CT molecular complexity index is 3480. The van der Waals surface area contributed by atoms with Crippen LogP contribution in [0, 0.1) is 12.7 Å². The summed E-state index contributed by atoms with van der Waals surface area (Å²) in [5.74, 6) is -1.07. The zero-order valence-corrected chi connectivity index (χ0v) is 41.4. The first-order valence-electron chi connectivity index (χ1n) is 25.0. The van der Waals surface area contributed by atoms with Crippen molar-refractivity contribution in [2.75, 3.05) is 50.0 Å². The molecule has 0 radical (unpaired) electrons. The fraction of sp³-hybridized carbons (Fsp3) is 0.357. The minimum absolute atomic E-state index is 0.00908. The second-order valence-electron chi connectivity index (χ2n) is 20.1. The highest BCUT2D eigenvalue weighted by Crippen LogP contribution is 2.36. The van der Waals surface area contributed by atoms with Gasteiger partial charge >= 0.3 is 5.69 Å². The molecule has 11 rings (SSSR count). The minimum atomic E-state index is -0.714. The Kier molecular flexibility index (Phi) is 12.1. The van der Waals surface area contributed by atoms with Gasteiger partial charge in [-0.1, -0.05) is 24.3 Å². The average Bonchev–Trinajstić information content (AvgIpc) is 4.08. The Hall–Kier alpha value is -7.43. The van der Waals surface area contributed by atoms with E-state index in [0.29, 0.717) is 48.4 Å². The van der Waals surface area contributed by atoms with Gasteiger partial charge in [-0.2, -0.15) is 0 Å². The fourth-order valence-electron chi connectivity index (χ4n) is 11.8. The normalized spacial score (nSPS) is 18.3. The van der Waals surface area contributed by atoms with Gasteiger partial charge in [0.25, 0.3) is 11.5 Å². The highest BCUT2D eigenvalue weighted by atomic mass is 19.1. The first-order valence-corrected chi connectivity index (χ1v) is 25.0. The quantitative estimate of drug-likeness (QED) is 0.135. The van der Waals surface area contributed by atoms with Gasteiger partial charge in [0, 0.05) is 111 Å². The molecule has 72 heavy (non-hydrogen) atoms. The molecular weight excluding hydrogens is 912 g/mol. The second-order valence-corrected chi connectivity index (χ2v) is 20.1. The van der Waals surface area contributed by atoms with Gasteiger partial charge in [0.15, 0.2) is 0 Å². The van der Waals surface area contributed by atoms with Crippen LogP contribution in [0.3, 0.4) is 0 Å². The zero-order chi connectivity index (χ0) is 50.1. The van der Waals surface area contributed by atoms with Crippen LogP contribution in [-0.4, -0.2) is 90.5 Å². The summed E-state index contributed by atoms with van der Waals surface area (Å²) in [5.41, 5.74) is 11.1. The van der Waals surface area contributed by atoms with E-state index >= 15 is 4.39 Å². The number of benzene rings is 3. The average molecular weight is 971 g/mol. The molecule has 8 heterocycles. The lowest BCUT2D eigenvalue weighted by Gasteiger charge is -2.32. The topological polar surface area (TPSA) is 152 Å². The van der Waals surface area contributed by atoms with Crippen LogP contribution in [0.4, 0.5) is 15.8 Å². The van der Waals surface area contributed by atoms with Gasteiger partial charge in [-0.15, -0.1) is 0 Å². The standard InChI is InChI=1S/C56H59FN10O5/c1-33-28-39(30-43(57)51(33)38-18-25-65(26-19-38)34(2)48-31-42-45(15-22-59-52(42)62(48)4)66-27-20-44-41(55(66)71)14-21-58-44)54(70)61(3)40-9-7-36(8-10-40)37-16-23-64(24-17-37)32-35-6-11-46-49(29-35)63(5)56(72)67(46)47-12-13-50(68)60-53(47)69/h6-11,15,18,20,22,27-31,34,37,47,58H,12-14,16-17,19,21,23-26,32H2,1-5H3,(H,60,68,69)/t34-,47?/m0/s1. The molecule has 3 amide bonds. The summed E-state index contributed by atoms with van der Waals surface area (Å²) < 4.78 is 23.1. The predicted octanol–water partition coefficient (Wildman–Crippen LogP) is 7.28. The van der Waals surface area contributed by atoms with Crippen LogP contribution in [-0.2, 0) is 36.6 Å². The maximum Gasteiger partial charge on any atom is 0.329 e. The van der Waals surface area contributed by atoms with Crippen LogP contribution in [0.5, 0.6) is 0 Å². The molecule has 7 aromatic rings. The molecule has 2 fully saturated rings. The number of imidazole rings is 1. The van der Waals surface area contributed by atoms with E-state index in [-0.39, 0.29) is 35.5 Å². The van der Waals surface area contributed by atoms with Gasteiger partial charge < -0.3 is 14.8 Å². The van der Waals surface area contributed by atoms with Crippen LogP contribution in [0.1, 0.15) is 101 Å². The minimum Gasteiger partial charge on any atom is -0.384 e. The monoisotopic (exact) mass is 970 g/mol. The Morgan fingerprint density at radius 2 is 1.68 bits per heavy atom. The maximum atomic E-state index is 16.2. The lowest BCUT2D eigenvalue weighted by atomic mass is 9.89. The van der Waals surface area contributed by atoms with E-state index < -0.39 is 17.8 Å². The molecule has 1 unspecified atom stereocenters. The number of nitrogens with one attached hydrogen (secondary N) is 2. The van der Waals surface area contributed by atoms with Gasteiger partial charge in [-0.05, 0) is 142 Å². The number of aromatic nitrogens is 5. The fourth-order valence-corrected chi connectivity index (χ4v) is 11.8. The van der Waals surface area contributed by atoms with Crippen molar-refractivity contribution in [3.63, 3.8) is 0 Å². The van der Waals surface area contributed by atoms with Crippen molar-refractivity contribution in [2.45, 2.75) is 76.9 Å². The molecule has 15 nitrogen and oxygen atoms in total. The molecule has 0 bridgehead atoms. The van der Waals surface area contributed by atoms with E-state index in [4.69, 9.17) is 4.98 Å². The van der Waals surface area contributed by atoms with Crippen LogP contribution in [0.15, 0.2) is 101 Å². The van der Waals surface area contributed by atoms with Gasteiger partial charge in [0.1, 0.15) is 17.5 Å². The Labute approximate surface area is 416 Å². The molecule has 2 N–H and O–H groups in total. The number of imide groups is 1. The number of hydrogen-bond acceptors (Lipinski definition) is 9. The van der Waals surface area contributed by atoms with E-state index in [9.17, 15) is 24.0 Å². The highest BCUT2D eigenvalue weighted by Gasteiger charge is 2.32. The van der Waals surface area contributed by atoms with Crippen LogP contribution in [0.25, 0.3) is 33.3 Å². The van der Waals surface area contributed by atoms with E-state index in [1.807, 2.05) is 62.6 Å². The molecule has 370 valence electrons.